The number of hydrogen-bond acceptors (Lipinski definition) is 3. The molecular formula is C10H15BrClNO2S2. The molecule has 3 nitrogen and oxygen atoms in total. The van der Waals surface area contributed by atoms with E-state index in [1.54, 1.807) is 11.4 Å². The molecule has 0 bridgehead atoms. The molecule has 1 rings (SSSR count). The van der Waals surface area contributed by atoms with Crippen molar-refractivity contribution in [1.82, 2.24) is 4.72 Å². The summed E-state index contributed by atoms with van der Waals surface area (Å²) in [7, 11) is -3.44. The Morgan fingerprint density at radius 1 is 1.53 bits per heavy atom. The molecule has 0 aliphatic carbocycles. The van der Waals surface area contributed by atoms with Crippen LogP contribution in [-0.2, 0) is 10.0 Å². The van der Waals surface area contributed by atoms with E-state index < -0.39 is 10.0 Å². The van der Waals surface area contributed by atoms with Crippen LogP contribution in [0.25, 0.3) is 0 Å². The third kappa shape index (κ3) is 4.87. The van der Waals surface area contributed by atoms with E-state index in [2.05, 4.69) is 34.5 Å². The molecule has 0 aromatic carbocycles. The van der Waals surface area contributed by atoms with Crippen molar-refractivity contribution in [2.75, 3.05) is 6.54 Å². The normalized spacial score (nSPS) is 14.2. The van der Waals surface area contributed by atoms with Gasteiger partial charge in [-0.15, -0.1) is 22.9 Å². The number of hydrogen-bond donors (Lipinski definition) is 1. The third-order valence-electron chi connectivity index (χ3n) is 2.05. The van der Waals surface area contributed by atoms with Crippen molar-refractivity contribution in [2.24, 2.45) is 5.92 Å². The van der Waals surface area contributed by atoms with E-state index >= 15 is 0 Å². The fourth-order valence-electron chi connectivity index (χ4n) is 1.33. The average molecular weight is 361 g/mol. The van der Waals surface area contributed by atoms with E-state index in [-0.39, 0.29) is 11.9 Å². The van der Waals surface area contributed by atoms with Gasteiger partial charge in [0.25, 0.3) is 10.0 Å². The summed E-state index contributed by atoms with van der Waals surface area (Å²) in [5, 5.41) is 1.55. The zero-order valence-corrected chi connectivity index (χ0v) is 13.6. The van der Waals surface area contributed by atoms with Gasteiger partial charge < -0.3 is 0 Å². The third-order valence-corrected chi connectivity index (χ3v) is 6.48. The predicted molar refractivity (Wildman–Crippen MR) is 76.3 cm³/mol. The van der Waals surface area contributed by atoms with E-state index in [0.29, 0.717) is 14.6 Å². The number of sulfonamides is 1. The Morgan fingerprint density at radius 2 is 2.18 bits per heavy atom. The van der Waals surface area contributed by atoms with E-state index in [4.69, 9.17) is 11.6 Å². The molecule has 17 heavy (non-hydrogen) atoms. The summed E-state index contributed by atoms with van der Waals surface area (Å²) in [6, 6.07) is 1.71. The van der Waals surface area contributed by atoms with Crippen LogP contribution in [0.5, 0.6) is 0 Å². The maximum atomic E-state index is 11.9. The Labute approximate surface area is 120 Å². The number of halogens is 2. The highest BCUT2D eigenvalue weighted by Crippen LogP contribution is 2.27. The van der Waals surface area contributed by atoms with Gasteiger partial charge in [-0.05, 0) is 39.7 Å². The molecule has 0 amide bonds. The fraction of sp³-hybridized carbons (Fsp3) is 0.600. The molecule has 0 aliphatic heterocycles. The highest BCUT2D eigenvalue weighted by Gasteiger charge is 2.20. The van der Waals surface area contributed by atoms with Crippen molar-refractivity contribution in [3.63, 3.8) is 0 Å². The smallest absolute Gasteiger partial charge is 0.209 e. The van der Waals surface area contributed by atoms with Gasteiger partial charge in [-0.25, -0.2) is 13.1 Å². The number of thiophene rings is 1. The molecule has 1 aromatic heterocycles. The quantitative estimate of drug-likeness (QED) is 0.790. The van der Waals surface area contributed by atoms with Crippen LogP contribution in [0.1, 0.15) is 20.3 Å². The van der Waals surface area contributed by atoms with Crippen LogP contribution in [0.3, 0.4) is 0 Å². The molecule has 0 fully saturated rings. The monoisotopic (exact) mass is 359 g/mol. The maximum absolute atomic E-state index is 11.9. The molecule has 0 spiro atoms. The highest BCUT2D eigenvalue weighted by molar-refractivity contribution is 9.10. The minimum Gasteiger partial charge on any atom is -0.209 e. The molecule has 0 radical (unpaired) electrons. The van der Waals surface area contributed by atoms with Crippen LogP contribution in [0.4, 0.5) is 0 Å². The molecule has 0 saturated heterocycles. The topological polar surface area (TPSA) is 46.2 Å². The molecule has 1 N–H and O–H groups in total. The standard InChI is InChI=1S/C10H15BrClNO2S2/c1-7(2)5-8(12)6-13-17(14,15)10-9(11)3-4-16-10/h3-4,7-8,13H,5-6H2,1-2H3. The van der Waals surface area contributed by atoms with Crippen LogP contribution >= 0.6 is 38.9 Å². The van der Waals surface area contributed by atoms with Gasteiger partial charge in [-0.1, -0.05) is 13.8 Å². The van der Waals surface area contributed by atoms with Gasteiger partial charge in [-0.3, -0.25) is 0 Å². The molecule has 1 atom stereocenters. The van der Waals surface area contributed by atoms with Gasteiger partial charge in [0.2, 0.25) is 0 Å². The van der Waals surface area contributed by atoms with Crippen molar-refractivity contribution in [2.45, 2.75) is 29.9 Å². The van der Waals surface area contributed by atoms with Crippen molar-refractivity contribution >= 4 is 48.9 Å². The zero-order chi connectivity index (χ0) is 13.1. The van der Waals surface area contributed by atoms with E-state index in [1.807, 2.05) is 0 Å². The minimum atomic E-state index is -3.44. The molecule has 7 heteroatoms. The Morgan fingerprint density at radius 3 is 2.65 bits per heavy atom. The van der Waals surface area contributed by atoms with Crippen molar-refractivity contribution in [3.8, 4) is 0 Å². The second-order valence-electron chi connectivity index (χ2n) is 4.13. The van der Waals surface area contributed by atoms with Crippen molar-refractivity contribution in [1.29, 1.82) is 0 Å². The Bertz CT molecular complexity index is 459. The molecule has 1 unspecified atom stereocenters. The van der Waals surface area contributed by atoms with Crippen LogP contribution in [0.15, 0.2) is 20.1 Å². The summed E-state index contributed by atoms with van der Waals surface area (Å²) in [5.74, 6) is 0.454. The molecule has 98 valence electrons. The lowest BCUT2D eigenvalue weighted by molar-refractivity contribution is 0.545. The average Bonchev–Trinajstić information content (AvgIpc) is 2.61. The van der Waals surface area contributed by atoms with Gasteiger partial charge in [0.1, 0.15) is 4.21 Å². The van der Waals surface area contributed by atoms with E-state index in [0.717, 1.165) is 6.42 Å². The number of rotatable bonds is 6. The summed E-state index contributed by atoms with van der Waals surface area (Å²) in [4.78, 5) is 0. The first-order valence-corrected chi connectivity index (χ1v) is 8.79. The van der Waals surface area contributed by atoms with Gasteiger partial charge in [0.15, 0.2) is 0 Å². The molecule has 1 aromatic rings. The van der Waals surface area contributed by atoms with Crippen molar-refractivity contribution in [3.05, 3.63) is 15.9 Å². The molecule has 1 heterocycles. The van der Waals surface area contributed by atoms with Gasteiger partial charge in [0.05, 0.1) is 0 Å². The van der Waals surface area contributed by atoms with Crippen LogP contribution in [0.2, 0.25) is 0 Å². The first kappa shape index (κ1) is 15.4. The Kier molecular flexibility index (Phi) is 5.92. The van der Waals surface area contributed by atoms with Crippen LogP contribution < -0.4 is 4.72 Å². The summed E-state index contributed by atoms with van der Waals surface area (Å²) in [6.45, 7) is 4.37. The molecule has 0 aliphatic rings. The minimum absolute atomic E-state index is 0.177. The highest BCUT2D eigenvalue weighted by atomic mass is 79.9. The summed E-state index contributed by atoms with van der Waals surface area (Å²) < 4.78 is 27.2. The second-order valence-corrected chi connectivity index (χ2v) is 8.48. The molecular weight excluding hydrogens is 346 g/mol. The van der Waals surface area contributed by atoms with Gasteiger partial charge in [0, 0.05) is 16.4 Å². The summed E-state index contributed by atoms with van der Waals surface area (Å²) in [5.41, 5.74) is 0. The summed E-state index contributed by atoms with van der Waals surface area (Å²) in [6.07, 6.45) is 0.787. The number of alkyl halides is 1. The first-order chi connectivity index (χ1) is 7.83. The van der Waals surface area contributed by atoms with Gasteiger partial charge >= 0.3 is 0 Å². The lowest BCUT2D eigenvalue weighted by Crippen LogP contribution is -2.30. The fourth-order valence-corrected chi connectivity index (χ4v) is 5.32. The maximum Gasteiger partial charge on any atom is 0.251 e. The predicted octanol–water partition coefficient (Wildman–Crippen LogP) is 3.44. The Balaban J connectivity index is 2.60. The van der Waals surface area contributed by atoms with Crippen molar-refractivity contribution < 1.29 is 8.42 Å². The second kappa shape index (κ2) is 6.52. The van der Waals surface area contributed by atoms with E-state index in [9.17, 15) is 8.42 Å². The lowest BCUT2D eigenvalue weighted by Gasteiger charge is -2.12. The van der Waals surface area contributed by atoms with E-state index in [1.165, 1.54) is 11.3 Å². The van der Waals surface area contributed by atoms with Crippen LogP contribution in [0, 0.1) is 5.92 Å². The zero-order valence-electron chi connectivity index (χ0n) is 9.61. The Hall–Kier alpha value is 0.380. The first-order valence-electron chi connectivity index (χ1n) is 5.19. The number of nitrogens with one attached hydrogen (secondary N) is 1. The van der Waals surface area contributed by atoms with Crippen LogP contribution in [-0.4, -0.2) is 20.3 Å². The lowest BCUT2D eigenvalue weighted by atomic mass is 10.1. The molecule has 0 saturated carbocycles. The largest absolute Gasteiger partial charge is 0.251 e. The van der Waals surface area contributed by atoms with Gasteiger partial charge in [-0.2, -0.15) is 0 Å². The SMILES string of the molecule is CC(C)CC(Cl)CNS(=O)(=O)c1sccc1Br. The summed E-state index contributed by atoms with van der Waals surface area (Å²) >= 11 is 10.4.